The Balaban J connectivity index is 3.19. The molecule has 1 aromatic rings. The summed E-state index contributed by atoms with van der Waals surface area (Å²) in [7, 11) is 0. The Morgan fingerprint density at radius 3 is 2.50 bits per heavy atom. The van der Waals surface area contributed by atoms with Crippen LogP contribution in [0.2, 0.25) is 0 Å². The SMILES string of the molecule is CC(C)(C)ONc1c(C(=O)O)cccc1[N+](=O)[O-]. The van der Waals surface area contributed by atoms with Crippen LogP contribution in [-0.2, 0) is 4.84 Å². The molecule has 0 spiro atoms. The fourth-order valence-corrected chi connectivity index (χ4v) is 1.18. The fraction of sp³-hybridized carbons (Fsp3) is 0.364. The highest BCUT2D eigenvalue weighted by Gasteiger charge is 2.23. The van der Waals surface area contributed by atoms with Crippen LogP contribution in [0.4, 0.5) is 11.4 Å². The molecule has 0 saturated heterocycles. The van der Waals surface area contributed by atoms with Gasteiger partial charge in [0.1, 0.15) is 0 Å². The highest BCUT2D eigenvalue weighted by Crippen LogP contribution is 2.29. The van der Waals surface area contributed by atoms with Crippen molar-refractivity contribution in [1.29, 1.82) is 0 Å². The number of nitrogens with zero attached hydrogens (tertiary/aromatic N) is 1. The standard InChI is InChI=1S/C11H14N2O5/c1-11(2,3)18-12-9-7(10(14)15)5-4-6-8(9)13(16)17/h4-6,12H,1-3H3,(H,14,15). The Labute approximate surface area is 103 Å². The Morgan fingerprint density at radius 2 is 2.06 bits per heavy atom. The first-order chi connectivity index (χ1) is 8.22. The van der Waals surface area contributed by atoms with E-state index < -0.39 is 16.5 Å². The van der Waals surface area contributed by atoms with Gasteiger partial charge in [-0.3, -0.25) is 20.4 Å². The van der Waals surface area contributed by atoms with Crippen LogP contribution < -0.4 is 5.48 Å². The van der Waals surface area contributed by atoms with Gasteiger partial charge in [0.15, 0.2) is 5.69 Å². The Kier molecular flexibility index (Phi) is 3.87. The largest absolute Gasteiger partial charge is 0.478 e. The van der Waals surface area contributed by atoms with E-state index in [0.29, 0.717) is 0 Å². The van der Waals surface area contributed by atoms with Gasteiger partial charge in [0.05, 0.1) is 16.1 Å². The lowest BCUT2D eigenvalue weighted by Crippen LogP contribution is -2.24. The molecule has 98 valence electrons. The number of carboxylic acids is 1. The van der Waals surface area contributed by atoms with E-state index in [-0.39, 0.29) is 16.9 Å². The zero-order valence-electron chi connectivity index (χ0n) is 10.3. The van der Waals surface area contributed by atoms with Crippen LogP contribution in [0.1, 0.15) is 31.1 Å². The van der Waals surface area contributed by atoms with Crippen LogP contribution in [0.15, 0.2) is 18.2 Å². The van der Waals surface area contributed by atoms with E-state index in [1.165, 1.54) is 18.2 Å². The first-order valence-corrected chi connectivity index (χ1v) is 5.17. The number of benzene rings is 1. The maximum absolute atomic E-state index is 11.0. The molecule has 0 saturated carbocycles. The van der Waals surface area contributed by atoms with Gasteiger partial charge in [-0.15, -0.1) is 0 Å². The minimum atomic E-state index is -1.27. The molecular weight excluding hydrogens is 240 g/mol. The molecule has 18 heavy (non-hydrogen) atoms. The highest BCUT2D eigenvalue weighted by molar-refractivity contribution is 5.96. The minimum Gasteiger partial charge on any atom is -0.478 e. The monoisotopic (exact) mass is 254 g/mol. The van der Waals surface area contributed by atoms with Crippen molar-refractivity contribution in [3.05, 3.63) is 33.9 Å². The van der Waals surface area contributed by atoms with Crippen molar-refractivity contribution in [3.63, 3.8) is 0 Å². The number of anilines is 1. The second-order valence-electron chi connectivity index (χ2n) is 4.58. The Hall–Kier alpha value is -2.15. The van der Waals surface area contributed by atoms with E-state index in [2.05, 4.69) is 5.48 Å². The lowest BCUT2D eigenvalue weighted by molar-refractivity contribution is -0.384. The third-order valence-electron chi connectivity index (χ3n) is 1.93. The van der Waals surface area contributed by atoms with Crippen molar-refractivity contribution in [3.8, 4) is 0 Å². The van der Waals surface area contributed by atoms with Gasteiger partial charge in [0.2, 0.25) is 0 Å². The number of para-hydroxylation sites is 1. The summed E-state index contributed by atoms with van der Waals surface area (Å²) in [5.41, 5.74) is 1.03. The van der Waals surface area contributed by atoms with Crippen LogP contribution in [-0.4, -0.2) is 21.6 Å². The number of nitrogens with one attached hydrogen (secondary N) is 1. The summed E-state index contributed by atoms with van der Waals surface area (Å²) < 4.78 is 0. The summed E-state index contributed by atoms with van der Waals surface area (Å²) >= 11 is 0. The molecule has 0 unspecified atom stereocenters. The number of aromatic carboxylic acids is 1. The predicted molar refractivity (Wildman–Crippen MR) is 64.5 cm³/mol. The van der Waals surface area contributed by atoms with E-state index in [1.807, 2.05) is 0 Å². The molecule has 0 radical (unpaired) electrons. The Bertz CT molecular complexity index is 447. The van der Waals surface area contributed by atoms with Crippen LogP contribution in [0, 0.1) is 10.1 Å². The summed E-state index contributed by atoms with van der Waals surface area (Å²) in [6, 6.07) is 3.79. The van der Waals surface area contributed by atoms with Crippen molar-refractivity contribution < 1.29 is 19.7 Å². The van der Waals surface area contributed by atoms with Gasteiger partial charge in [0.25, 0.3) is 5.69 Å². The normalized spacial score (nSPS) is 11.1. The van der Waals surface area contributed by atoms with E-state index in [1.54, 1.807) is 20.8 Å². The topological polar surface area (TPSA) is 102 Å². The number of carbonyl (C=O) groups is 1. The molecule has 0 bridgehead atoms. The number of hydrogen-bond donors (Lipinski definition) is 2. The Morgan fingerprint density at radius 1 is 1.44 bits per heavy atom. The second kappa shape index (κ2) is 5.01. The van der Waals surface area contributed by atoms with Gasteiger partial charge in [-0.1, -0.05) is 6.07 Å². The van der Waals surface area contributed by atoms with Gasteiger partial charge < -0.3 is 5.11 Å². The third-order valence-corrected chi connectivity index (χ3v) is 1.93. The summed E-state index contributed by atoms with van der Waals surface area (Å²) in [5.74, 6) is -1.27. The molecule has 0 aliphatic rings. The zero-order chi connectivity index (χ0) is 13.9. The molecule has 0 amide bonds. The number of rotatable bonds is 4. The van der Waals surface area contributed by atoms with Crippen molar-refractivity contribution in [2.24, 2.45) is 0 Å². The van der Waals surface area contributed by atoms with Crippen molar-refractivity contribution in [2.75, 3.05) is 5.48 Å². The van der Waals surface area contributed by atoms with Gasteiger partial charge in [-0.2, -0.15) is 0 Å². The molecular formula is C11H14N2O5. The third kappa shape index (κ3) is 3.42. The molecule has 1 aromatic carbocycles. The lowest BCUT2D eigenvalue weighted by Gasteiger charge is -2.20. The van der Waals surface area contributed by atoms with E-state index in [4.69, 9.17) is 9.94 Å². The zero-order valence-corrected chi connectivity index (χ0v) is 10.3. The number of nitro groups is 1. The first-order valence-electron chi connectivity index (χ1n) is 5.17. The molecule has 0 heterocycles. The molecule has 0 fully saturated rings. The summed E-state index contributed by atoms with van der Waals surface area (Å²) in [6.45, 7) is 5.19. The molecule has 1 rings (SSSR count). The molecule has 7 nitrogen and oxygen atoms in total. The van der Waals surface area contributed by atoms with Gasteiger partial charge in [0, 0.05) is 6.07 Å². The second-order valence-corrected chi connectivity index (χ2v) is 4.58. The van der Waals surface area contributed by atoms with Crippen LogP contribution in [0.5, 0.6) is 0 Å². The van der Waals surface area contributed by atoms with Crippen LogP contribution >= 0.6 is 0 Å². The number of hydrogen-bond acceptors (Lipinski definition) is 5. The molecule has 2 N–H and O–H groups in total. The fourth-order valence-electron chi connectivity index (χ4n) is 1.18. The van der Waals surface area contributed by atoms with Gasteiger partial charge in [-0.25, -0.2) is 4.79 Å². The van der Waals surface area contributed by atoms with Crippen molar-refractivity contribution in [1.82, 2.24) is 0 Å². The van der Waals surface area contributed by atoms with Gasteiger partial charge in [-0.05, 0) is 26.8 Å². The minimum absolute atomic E-state index is 0.162. The van der Waals surface area contributed by atoms with E-state index in [0.717, 1.165) is 0 Å². The summed E-state index contributed by atoms with van der Waals surface area (Å²) in [5, 5.41) is 19.8. The quantitative estimate of drug-likeness (QED) is 0.632. The van der Waals surface area contributed by atoms with E-state index >= 15 is 0 Å². The highest BCUT2D eigenvalue weighted by atomic mass is 16.7. The maximum Gasteiger partial charge on any atom is 0.338 e. The molecule has 7 heteroatoms. The van der Waals surface area contributed by atoms with Crippen molar-refractivity contribution >= 4 is 17.3 Å². The van der Waals surface area contributed by atoms with Gasteiger partial charge >= 0.3 is 5.97 Å². The predicted octanol–water partition coefficient (Wildman–Crippen LogP) is 2.44. The smallest absolute Gasteiger partial charge is 0.338 e. The molecule has 0 atom stereocenters. The average molecular weight is 254 g/mol. The molecule has 0 aliphatic carbocycles. The molecule has 0 aromatic heterocycles. The average Bonchev–Trinajstić information content (AvgIpc) is 2.24. The molecule has 0 aliphatic heterocycles. The number of carboxylic acid groups (broad SMARTS) is 1. The number of nitro benzene ring substituents is 1. The summed E-state index contributed by atoms with van der Waals surface area (Å²) in [6.07, 6.45) is 0. The van der Waals surface area contributed by atoms with E-state index in [9.17, 15) is 14.9 Å². The lowest BCUT2D eigenvalue weighted by atomic mass is 10.1. The van der Waals surface area contributed by atoms with Crippen LogP contribution in [0.25, 0.3) is 0 Å². The first kappa shape index (κ1) is 13.9. The van der Waals surface area contributed by atoms with Crippen molar-refractivity contribution in [2.45, 2.75) is 26.4 Å². The summed E-state index contributed by atoms with van der Waals surface area (Å²) in [4.78, 5) is 26.4. The van der Waals surface area contributed by atoms with Crippen LogP contribution in [0.3, 0.4) is 0 Å². The maximum atomic E-state index is 11.0.